The Bertz CT molecular complexity index is 1880. The third kappa shape index (κ3) is 4.83. The average molecular weight is 618 g/mol. The molecule has 4 heterocycles. The lowest BCUT2D eigenvalue weighted by Gasteiger charge is -2.22. The smallest absolute Gasteiger partial charge is 0.301 e. The van der Waals surface area contributed by atoms with Crippen molar-refractivity contribution in [2.24, 2.45) is 0 Å². The lowest BCUT2D eigenvalue weighted by Crippen LogP contribution is -2.29. The van der Waals surface area contributed by atoms with Crippen molar-refractivity contribution in [2.75, 3.05) is 12.0 Å². The highest BCUT2D eigenvalue weighted by Crippen LogP contribution is 2.44. The molecule has 1 unspecified atom stereocenters. The normalized spacial score (nSPS) is 16.5. The molecule has 0 bridgehead atoms. The van der Waals surface area contributed by atoms with Crippen molar-refractivity contribution < 1.29 is 19.4 Å². The van der Waals surface area contributed by atoms with Crippen molar-refractivity contribution in [1.82, 2.24) is 19.6 Å². The van der Waals surface area contributed by atoms with Crippen LogP contribution in [0.25, 0.3) is 11.4 Å². The molecule has 12 heteroatoms. The summed E-state index contributed by atoms with van der Waals surface area (Å²) in [5.74, 6) is -0.830. The summed E-state index contributed by atoms with van der Waals surface area (Å²) in [4.78, 5) is 33.2. The van der Waals surface area contributed by atoms with Crippen LogP contribution in [0.4, 0.5) is 5.13 Å². The number of methoxy groups -OCH3 is 1. The van der Waals surface area contributed by atoms with E-state index in [9.17, 15) is 14.7 Å². The van der Waals surface area contributed by atoms with E-state index in [0.29, 0.717) is 37.8 Å². The van der Waals surface area contributed by atoms with Gasteiger partial charge in [0.2, 0.25) is 5.13 Å². The number of carbonyl (C=O) groups is 2. The molecule has 1 amide bonds. The molecule has 9 nitrogen and oxygen atoms in total. The van der Waals surface area contributed by atoms with E-state index >= 15 is 0 Å². The molecule has 1 aliphatic rings. The molecule has 1 saturated heterocycles. The van der Waals surface area contributed by atoms with E-state index in [1.807, 2.05) is 53.9 Å². The first kappa shape index (κ1) is 28.0. The quantitative estimate of drug-likeness (QED) is 0.0736. The minimum Gasteiger partial charge on any atom is -0.505 e. The number of fused-ring (bicyclic) bond motifs is 1. The van der Waals surface area contributed by atoms with Crippen LogP contribution in [0.1, 0.15) is 34.1 Å². The maximum absolute atomic E-state index is 13.6. The van der Waals surface area contributed by atoms with Gasteiger partial charge in [0.1, 0.15) is 17.1 Å². The number of rotatable bonds is 7. The second kappa shape index (κ2) is 11.2. The van der Waals surface area contributed by atoms with Crippen molar-refractivity contribution in [3.05, 3.63) is 106 Å². The number of aromatic nitrogens is 4. The number of anilines is 1. The number of carbonyl (C=O) groups excluding carboxylic acids is 2. The van der Waals surface area contributed by atoms with Gasteiger partial charge < -0.3 is 14.2 Å². The summed E-state index contributed by atoms with van der Waals surface area (Å²) in [5.41, 5.74) is 3.88. The Labute approximate surface area is 254 Å². The van der Waals surface area contributed by atoms with Crippen LogP contribution < -0.4 is 9.64 Å². The average Bonchev–Trinajstić information content (AvgIpc) is 3.67. The Morgan fingerprint density at radius 2 is 1.83 bits per heavy atom. The Morgan fingerprint density at radius 3 is 2.55 bits per heavy atom. The SMILES string of the molecule is COc1ccc(C2C(=C(O)c3nc4c(C)cccn4c3C)C(=O)C(=O)N2c2nnc(SCc3ccccc3Cl)s2)cc1. The molecule has 5 aromatic rings. The van der Waals surface area contributed by atoms with Crippen molar-refractivity contribution in [3.8, 4) is 5.75 Å². The first-order chi connectivity index (χ1) is 20.3. The molecule has 1 fully saturated rings. The third-order valence-corrected chi connectivity index (χ3v) is 9.57. The Morgan fingerprint density at radius 1 is 1.07 bits per heavy atom. The molecule has 3 aromatic heterocycles. The van der Waals surface area contributed by atoms with Gasteiger partial charge in [-0.1, -0.05) is 71.1 Å². The second-order valence-electron chi connectivity index (χ2n) is 9.60. The number of aliphatic hydroxyl groups is 1. The Kier molecular flexibility index (Phi) is 7.48. The molecule has 1 aliphatic heterocycles. The molecule has 0 spiro atoms. The van der Waals surface area contributed by atoms with E-state index < -0.39 is 17.7 Å². The van der Waals surface area contributed by atoms with Gasteiger partial charge in [0, 0.05) is 17.0 Å². The van der Waals surface area contributed by atoms with E-state index in [0.717, 1.165) is 11.1 Å². The summed E-state index contributed by atoms with van der Waals surface area (Å²) < 4.78 is 7.76. The zero-order chi connectivity index (χ0) is 29.5. The number of nitrogens with zero attached hydrogens (tertiary/aromatic N) is 5. The molecule has 0 aliphatic carbocycles. The van der Waals surface area contributed by atoms with Crippen LogP contribution >= 0.6 is 34.7 Å². The number of aryl methyl sites for hydroxylation is 2. The first-order valence-corrected chi connectivity index (χ1v) is 15.1. The first-order valence-electron chi connectivity index (χ1n) is 12.9. The van der Waals surface area contributed by atoms with Crippen molar-refractivity contribution in [3.63, 3.8) is 0 Å². The van der Waals surface area contributed by atoms with Gasteiger partial charge in [-0.15, -0.1) is 10.2 Å². The number of hydrogen-bond donors (Lipinski definition) is 1. The molecule has 2 aromatic carbocycles. The minimum absolute atomic E-state index is 0.0743. The topological polar surface area (TPSA) is 110 Å². The van der Waals surface area contributed by atoms with Gasteiger partial charge in [-0.2, -0.15) is 0 Å². The molecule has 6 rings (SSSR count). The van der Waals surface area contributed by atoms with Gasteiger partial charge in [0.15, 0.2) is 10.1 Å². The number of imidazole rings is 1. The van der Waals surface area contributed by atoms with Gasteiger partial charge in [0.05, 0.1) is 24.4 Å². The number of ether oxygens (including phenoxy) is 1. The van der Waals surface area contributed by atoms with Crippen molar-refractivity contribution >= 4 is 62.9 Å². The Hall–Kier alpha value is -4.19. The lowest BCUT2D eigenvalue weighted by atomic mass is 9.96. The maximum Gasteiger partial charge on any atom is 0.301 e. The molecule has 42 heavy (non-hydrogen) atoms. The number of benzene rings is 2. The highest BCUT2D eigenvalue weighted by molar-refractivity contribution is 8.00. The number of pyridine rings is 1. The summed E-state index contributed by atoms with van der Waals surface area (Å²) in [6, 6.07) is 17.3. The zero-order valence-corrected chi connectivity index (χ0v) is 25.1. The van der Waals surface area contributed by atoms with Gasteiger partial charge in [-0.25, -0.2) is 4.98 Å². The predicted molar refractivity (Wildman–Crippen MR) is 163 cm³/mol. The van der Waals surface area contributed by atoms with Crippen LogP contribution in [0.5, 0.6) is 5.75 Å². The summed E-state index contributed by atoms with van der Waals surface area (Å²) >= 11 is 8.92. The number of ketones is 1. The summed E-state index contributed by atoms with van der Waals surface area (Å²) in [6.07, 6.45) is 1.84. The van der Waals surface area contributed by atoms with Crippen LogP contribution in [0.2, 0.25) is 5.02 Å². The highest BCUT2D eigenvalue weighted by atomic mass is 35.5. The number of thioether (sulfide) groups is 1. The fourth-order valence-electron chi connectivity index (χ4n) is 4.92. The van der Waals surface area contributed by atoms with Crippen LogP contribution in [0.3, 0.4) is 0 Å². The van der Waals surface area contributed by atoms with Crippen molar-refractivity contribution in [2.45, 2.75) is 30.0 Å². The highest BCUT2D eigenvalue weighted by Gasteiger charge is 2.49. The molecule has 1 N–H and O–H groups in total. The fraction of sp³-hybridized carbons (Fsp3) is 0.167. The van der Waals surface area contributed by atoms with Gasteiger partial charge in [-0.05, 0) is 54.8 Å². The molecule has 0 radical (unpaired) electrons. The number of amides is 1. The molecular formula is C30H24ClN5O4S2. The van der Waals surface area contributed by atoms with Crippen molar-refractivity contribution in [1.29, 1.82) is 0 Å². The van der Waals surface area contributed by atoms with E-state index in [-0.39, 0.29) is 22.2 Å². The number of Topliss-reactive ketones (excluding diaryl/α,β-unsaturated/α-hetero) is 1. The number of aliphatic hydroxyl groups excluding tert-OH is 1. The van der Waals surface area contributed by atoms with E-state index in [1.54, 1.807) is 38.3 Å². The standard InChI is InChI=1S/C30H24ClN5O4S2/c1-16-7-6-14-35-17(2)23(32-27(16)35)25(37)22-24(18-10-12-20(40-3)13-11-18)36(28(39)26(22)38)29-33-34-30(42-29)41-15-19-8-4-5-9-21(19)31/h4-14,24,37H,15H2,1-3H3. The predicted octanol–water partition coefficient (Wildman–Crippen LogP) is 6.38. The summed E-state index contributed by atoms with van der Waals surface area (Å²) in [6.45, 7) is 3.72. The van der Waals surface area contributed by atoms with Gasteiger partial charge >= 0.3 is 5.91 Å². The number of halogens is 1. The van der Waals surface area contributed by atoms with E-state index in [4.69, 9.17) is 16.3 Å². The molecular weight excluding hydrogens is 594 g/mol. The van der Waals surface area contributed by atoms with Crippen LogP contribution in [0.15, 0.2) is 76.8 Å². The minimum atomic E-state index is -0.962. The van der Waals surface area contributed by atoms with Gasteiger partial charge in [0.25, 0.3) is 5.78 Å². The monoisotopic (exact) mass is 617 g/mol. The van der Waals surface area contributed by atoms with E-state index in [2.05, 4.69) is 15.2 Å². The fourth-order valence-corrected chi connectivity index (χ4v) is 7.07. The second-order valence-corrected chi connectivity index (χ2v) is 12.2. The van der Waals surface area contributed by atoms with Crippen LogP contribution in [0, 0.1) is 13.8 Å². The molecule has 0 saturated carbocycles. The van der Waals surface area contributed by atoms with Gasteiger partial charge in [-0.3, -0.25) is 14.5 Å². The maximum atomic E-state index is 13.6. The van der Waals surface area contributed by atoms with Crippen LogP contribution in [-0.2, 0) is 15.3 Å². The number of hydrogen-bond acceptors (Lipinski definition) is 9. The lowest BCUT2D eigenvalue weighted by molar-refractivity contribution is -0.132. The largest absolute Gasteiger partial charge is 0.505 e. The zero-order valence-electron chi connectivity index (χ0n) is 22.7. The van der Waals surface area contributed by atoms with Crippen LogP contribution in [-0.4, -0.2) is 43.5 Å². The van der Waals surface area contributed by atoms with E-state index in [1.165, 1.54) is 28.0 Å². The summed E-state index contributed by atoms with van der Waals surface area (Å²) in [5, 5.41) is 21.1. The Balaban J connectivity index is 1.44. The molecule has 212 valence electrons. The third-order valence-electron chi connectivity index (χ3n) is 7.10. The molecule has 1 atom stereocenters. The summed E-state index contributed by atoms with van der Waals surface area (Å²) in [7, 11) is 1.55.